The Morgan fingerprint density at radius 3 is 2.36 bits per heavy atom. The number of nitrogens with zero attached hydrogens (tertiary/aromatic N) is 2. The molecule has 1 aliphatic heterocycles. The lowest BCUT2D eigenvalue weighted by atomic mass is 10.0. The first-order chi connectivity index (χ1) is 11.9. The van der Waals surface area contributed by atoms with Crippen LogP contribution in [0.3, 0.4) is 0 Å². The molecule has 1 saturated heterocycles. The minimum absolute atomic E-state index is 0.0245. The van der Waals surface area contributed by atoms with Crippen LogP contribution in [0.4, 0.5) is 5.69 Å². The van der Waals surface area contributed by atoms with Crippen LogP contribution in [0.15, 0.2) is 24.3 Å². The van der Waals surface area contributed by atoms with Crippen molar-refractivity contribution in [3.63, 3.8) is 0 Å². The molecule has 0 unspecified atom stereocenters. The van der Waals surface area contributed by atoms with Gasteiger partial charge < -0.3 is 14.5 Å². The summed E-state index contributed by atoms with van der Waals surface area (Å²) in [5.74, 6) is 1.11. The summed E-state index contributed by atoms with van der Waals surface area (Å²) in [4.78, 5) is 29.4. The van der Waals surface area contributed by atoms with Gasteiger partial charge >= 0.3 is 0 Å². The Labute approximate surface area is 149 Å². The minimum Gasteiger partial charge on any atom is -0.497 e. The molecule has 1 aromatic carbocycles. The average Bonchev–Trinajstić information content (AvgIpc) is 3.36. The number of amides is 2. The van der Waals surface area contributed by atoms with Gasteiger partial charge in [-0.25, -0.2) is 0 Å². The largest absolute Gasteiger partial charge is 0.497 e. The fraction of sp³-hybridized carbons (Fsp3) is 0.600. The number of ether oxygens (including phenoxy) is 1. The van der Waals surface area contributed by atoms with E-state index in [2.05, 4.69) is 25.7 Å². The maximum atomic E-state index is 13.1. The molecular formula is C20H28N2O3. The van der Waals surface area contributed by atoms with Crippen LogP contribution in [0.25, 0.3) is 0 Å². The quantitative estimate of drug-likeness (QED) is 0.797. The fourth-order valence-electron chi connectivity index (χ4n) is 3.48. The van der Waals surface area contributed by atoms with Gasteiger partial charge in [0.1, 0.15) is 5.75 Å². The molecule has 0 N–H and O–H groups in total. The van der Waals surface area contributed by atoms with Gasteiger partial charge in [0.2, 0.25) is 11.8 Å². The number of benzene rings is 1. The van der Waals surface area contributed by atoms with Gasteiger partial charge in [-0.2, -0.15) is 0 Å². The Balaban J connectivity index is 1.73. The average molecular weight is 344 g/mol. The maximum absolute atomic E-state index is 13.1. The van der Waals surface area contributed by atoms with Crippen molar-refractivity contribution in [1.29, 1.82) is 0 Å². The highest BCUT2D eigenvalue weighted by molar-refractivity contribution is 6.00. The van der Waals surface area contributed by atoms with Gasteiger partial charge in [-0.1, -0.05) is 13.8 Å². The van der Waals surface area contributed by atoms with E-state index in [9.17, 15) is 9.59 Å². The molecule has 0 radical (unpaired) electrons. The molecular weight excluding hydrogens is 316 g/mol. The number of hydrogen-bond donors (Lipinski definition) is 0. The predicted octanol–water partition coefficient (Wildman–Crippen LogP) is 3.08. The third-order valence-corrected chi connectivity index (χ3v) is 5.46. The molecule has 0 spiro atoms. The second-order valence-electron chi connectivity index (χ2n) is 7.56. The first kappa shape index (κ1) is 17.8. The number of hydrogen-bond acceptors (Lipinski definition) is 3. The van der Waals surface area contributed by atoms with Crippen molar-refractivity contribution < 1.29 is 14.3 Å². The maximum Gasteiger partial charge on any atom is 0.228 e. The van der Waals surface area contributed by atoms with Gasteiger partial charge in [-0.15, -0.1) is 0 Å². The van der Waals surface area contributed by atoms with Crippen molar-refractivity contribution in [3.8, 4) is 5.75 Å². The summed E-state index contributed by atoms with van der Waals surface area (Å²) in [7, 11) is 1.62. The van der Waals surface area contributed by atoms with Crippen molar-refractivity contribution in [2.45, 2.75) is 52.1 Å². The molecule has 1 saturated carbocycles. The van der Waals surface area contributed by atoms with Gasteiger partial charge in [0.25, 0.3) is 0 Å². The van der Waals surface area contributed by atoms with Crippen molar-refractivity contribution in [2.75, 3.05) is 18.6 Å². The van der Waals surface area contributed by atoms with Gasteiger partial charge in [-0.3, -0.25) is 9.59 Å². The minimum atomic E-state index is -0.239. The van der Waals surface area contributed by atoms with E-state index in [-0.39, 0.29) is 23.8 Å². The van der Waals surface area contributed by atoms with E-state index in [0.29, 0.717) is 24.9 Å². The summed E-state index contributed by atoms with van der Waals surface area (Å²) in [6.07, 6.45) is 2.48. The zero-order chi connectivity index (χ0) is 18.1. The van der Waals surface area contributed by atoms with Crippen LogP contribution < -0.4 is 9.64 Å². The third kappa shape index (κ3) is 3.65. The molecule has 1 heterocycles. The molecule has 136 valence electrons. The van der Waals surface area contributed by atoms with Crippen LogP contribution in [-0.2, 0) is 9.59 Å². The molecule has 1 aromatic rings. The number of rotatable bonds is 6. The molecule has 25 heavy (non-hydrogen) atoms. The van der Waals surface area contributed by atoms with Crippen LogP contribution >= 0.6 is 0 Å². The van der Waals surface area contributed by atoms with Gasteiger partial charge in [0.15, 0.2) is 0 Å². The van der Waals surface area contributed by atoms with Crippen LogP contribution in [-0.4, -0.2) is 42.5 Å². The molecule has 2 atom stereocenters. The van der Waals surface area contributed by atoms with Gasteiger partial charge in [-0.05, 0) is 49.9 Å². The lowest BCUT2D eigenvalue weighted by Gasteiger charge is -2.34. The summed E-state index contributed by atoms with van der Waals surface area (Å²) in [6.45, 7) is 6.89. The number of anilines is 1. The van der Waals surface area contributed by atoms with Crippen molar-refractivity contribution in [2.24, 2.45) is 11.8 Å². The highest BCUT2D eigenvalue weighted by Gasteiger charge is 2.43. The Kier molecular flexibility index (Phi) is 5.02. The molecule has 0 aromatic heterocycles. The predicted molar refractivity (Wildman–Crippen MR) is 97.6 cm³/mol. The lowest BCUT2D eigenvalue weighted by Crippen LogP contribution is -2.46. The molecule has 1 aliphatic carbocycles. The highest BCUT2D eigenvalue weighted by atomic mass is 16.5. The molecule has 3 rings (SSSR count). The van der Waals surface area contributed by atoms with Crippen LogP contribution in [0, 0.1) is 11.8 Å². The van der Waals surface area contributed by atoms with Crippen LogP contribution in [0.2, 0.25) is 0 Å². The van der Waals surface area contributed by atoms with E-state index in [1.54, 1.807) is 12.0 Å². The zero-order valence-corrected chi connectivity index (χ0v) is 15.6. The Morgan fingerprint density at radius 2 is 1.84 bits per heavy atom. The second kappa shape index (κ2) is 7.06. The van der Waals surface area contributed by atoms with E-state index in [0.717, 1.165) is 24.3 Å². The smallest absolute Gasteiger partial charge is 0.228 e. The lowest BCUT2D eigenvalue weighted by molar-refractivity contribution is -0.139. The fourth-order valence-corrected chi connectivity index (χ4v) is 3.48. The van der Waals surface area contributed by atoms with Crippen molar-refractivity contribution in [1.82, 2.24) is 4.90 Å². The van der Waals surface area contributed by atoms with E-state index in [4.69, 9.17) is 4.74 Å². The Hall–Kier alpha value is -2.04. The standard InChI is InChI=1S/C20H28N2O3/c1-13(2)14(3)22(17-5-6-17)20(24)15-11-19(23)21(12-15)16-7-9-18(25-4)10-8-16/h7-10,13-15,17H,5-6,11-12H2,1-4H3/t14-,15+/m0/s1. The first-order valence-corrected chi connectivity index (χ1v) is 9.19. The highest BCUT2D eigenvalue weighted by Crippen LogP contribution is 2.35. The van der Waals surface area contributed by atoms with Crippen LogP contribution in [0.1, 0.15) is 40.0 Å². The third-order valence-electron chi connectivity index (χ3n) is 5.46. The Morgan fingerprint density at radius 1 is 1.20 bits per heavy atom. The van der Waals surface area contributed by atoms with E-state index in [1.807, 2.05) is 24.3 Å². The normalized spacial score (nSPS) is 21.6. The van der Waals surface area contributed by atoms with Gasteiger partial charge in [0.05, 0.1) is 13.0 Å². The summed E-state index contributed by atoms with van der Waals surface area (Å²) in [5.41, 5.74) is 0.830. The van der Waals surface area contributed by atoms with E-state index < -0.39 is 0 Å². The van der Waals surface area contributed by atoms with E-state index >= 15 is 0 Å². The summed E-state index contributed by atoms with van der Waals surface area (Å²) < 4.78 is 5.17. The molecule has 2 aliphatic rings. The van der Waals surface area contributed by atoms with Crippen molar-refractivity contribution in [3.05, 3.63) is 24.3 Å². The topological polar surface area (TPSA) is 49.9 Å². The Bertz CT molecular complexity index is 637. The number of carbonyl (C=O) groups excluding carboxylic acids is 2. The monoisotopic (exact) mass is 344 g/mol. The SMILES string of the molecule is COc1ccc(N2C[C@H](C(=O)N(C3CC3)[C@@H](C)C(C)C)CC2=O)cc1. The summed E-state index contributed by atoms with van der Waals surface area (Å²) >= 11 is 0. The number of carbonyl (C=O) groups is 2. The first-order valence-electron chi connectivity index (χ1n) is 9.19. The van der Waals surface area contributed by atoms with Crippen LogP contribution in [0.5, 0.6) is 5.75 Å². The number of methoxy groups -OCH3 is 1. The molecule has 5 heteroatoms. The van der Waals surface area contributed by atoms with Gasteiger partial charge in [0, 0.05) is 30.7 Å². The molecule has 2 fully saturated rings. The molecule has 5 nitrogen and oxygen atoms in total. The molecule has 0 bridgehead atoms. The molecule has 2 amide bonds. The summed E-state index contributed by atoms with van der Waals surface area (Å²) in [6, 6.07) is 8.02. The zero-order valence-electron chi connectivity index (χ0n) is 15.6. The van der Waals surface area contributed by atoms with Crippen molar-refractivity contribution >= 4 is 17.5 Å². The van der Waals surface area contributed by atoms with E-state index in [1.165, 1.54) is 0 Å². The summed E-state index contributed by atoms with van der Waals surface area (Å²) in [5, 5.41) is 0. The second-order valence-corrected chi connectivity index (χ2v) is 7.56.